The molecule has 0 fully saturated rings. The normalized spacial score (nSPS) is 12.2. The third-order valence-electron chi connectivity index (χ3n) is 2.45. The first-order chi connectivity index (χ1) is 9.19. The molecule has 0 aliphatic heterocycles. The van der Waals surface area contributed by atoms with E-state index in [0.29, 0.717) is 22.9 Å². The van der Waals surface area contributed by atoms with E-state index in [9.17, 15) is 9.50 Å². The van der Waals surface area contributed by atoms with E-state index in [2.05, 4.69) is 36.6 Å². The van der Waals surface area contributed by atoms with Crippen molar-refractivity contribution >= 4 is 23.0 Å². The van der Waals surface area contributed by atoms with Gasteiger partial charge in [0, 0.05) is 12.1 Å². The molecule has 1 aromatic rings. The monoisotopic (exact) mass is 297 g/mol. The minimum Gasteiger partial charge on any atom is -0.507 e. The second kappa shape index (κ2) is 6.65. The van der Waals surface area contributed by atoms with Crippen molar-refractivity contribution in [1.82, 2.24) is 10.7 Å². The maximum absolute atomic E-state index is 13.1. The van der Waals surface area contributed by atoms with E-state index in [1.807, 2.05) is 0 Å². The summed E-state index contributed by atoms with van der Waals surface area (Å²) in [5, 5.41) is 17.1. The number of hydrazone groups is 1. The number of halogens is 1. The molecule has 1 aromatic carbocycles. The Hall–Kier alpha value is -1.69. The van der Waals surface area contributed by atoms with Crippen LogP contribution in [0.25, 0.3) is 0 Å². The van der Waals surface area contributed by atoms with Crippen molar-refractivity contribution in [1.29, 1.82) is 0 Å². The Kier molecular flexibility index (Phi) is 5.44. The molecule has 0 aromatic heterocycles. The topological polar surface area (TPSA) is 56.7 Å². The minimum atomic E-state index is -0.430. The van der Waals surface area contributed by atoms with Gasteiger partial charge in [0.2, 0.25) is 0 Å². The number of benzene rings is 1. The van der Waals surface area contributed by atoms with E-state index in [-0.39, 0.29) is 11.2 Å². The first-order valence-electron chi connectivity index (χ1n) is 6.26. The molecule has 0 spiro atoms. The first kappa shape index (κ1) is 16.4. The fourth-order valence-corrected chi connectivity index (χ4v) is 1.50. The highest BCUT2D eigenvalue weighted by molar-refractivity contribution is 7.80. The summed E-state index contributed by atoms with van der Waals surface area (Å²) in [4.78, 5) is 0. The van der Waals surface area contributed by atoms with Crippen LogP contribution in [0.5, 0.6) is 5.75 Å². The van der Waals surface area contributed by atoms with E-state index in [4.69, 9.17) is 12.2 Å². The Morgan fingerprint density at radius 2 is 2.05 bits per heavy atom. The zero-order valence-corrected chi connectivity index (χ0v) is 12.9. The fraction of sp³-hybridized carbons (Fsp3) is 0.429. The zero-order valence-electron chi connectivity index (χ0n) is 12.1. The molecule has 0 radical (unpaired) electrons. The van der Waals surface area contributed by atoms with E-state index < -0.39 is 5.82 Å². The fourth-order valence-electron chi connectivity index (χ4n) is 1.38. The number of nitrogens with zero attached hydrogens (tertiary/aromatic N) is 1. The van der Waals surface area contributed by atoms with Crippen LogP contribution in [0.2, 0.25) is 0 Å². The lowest BCUT2D eigenvalue weighted by molar-refractivity contribution is 0.408. The summed E-state index contributed by atoms with van der Waals surface area (Å²) in [6, 6.07) is 3.70. The second-order valence-electron chi connectivity index (χ2n) is 5.71. The molecule has 110 valence electrons. The SMILES string of the molecule is CC(=NNC(=S)NCC(C)(C)C)c1cc(F)ccc1O. The number of phenolic OH excluding ortho intramolecular Hbond substituents is 1. The predicted octanol–water partition coefficient (Wildman–Crippen LogP) is 2.77. The standard InChI is InChI=1S/C14H20FN3OS/c1-9(11-7-10(15)5-6-12(11)19)17-18-13(20)16-8-14(2,3)4/h5-7,19H,8H2,1-4H3,(H2,16,18,20). The van der Waals surface area contributed by atoms with Crippen molar-refractivity contribution in [3.05, 3.63) is 29.6 Å². The van der Waals surface area contributed by atoms with E-state index in [0.717, 1.165) is 0 Å². The van der Waals surface area contributed by atoms with Crippen LogP contribution in [0, 0.1) is 11.2 Å². The highest BCUT2D eigenvalue weighted by atomic mass is 32.1. The zero-order chi connectivity index (χ0) is 15.3. The smallest absolute Gasteiger partial charge is 0.186 e. The van der Waals surface area contributed by atoms with Crippen molar-refractivity contribution in [2.24, 2.45) is 10.5 Å². The summed E-state index contributed by atoms with van der Waals surface area (Å²) in [6.45, 7) is 8.62. The summed E-state index contributed by atoms with van der Waals surface area (Å²) in [6.07, 6.45) is 0. The second-order valence-corrected chi connectivity index (χ2v) is 6.12. The molecular weight excluding hydrogens is 277 g/mol. The molecule has 0 saturated heterocycles. The van der Waals surface area contributed by atoms with Crippen molar-refractivity contribution < 1.29 is 9.50 Å². The summed E-state index contributed by atoms with van der Waals surface area (Å²) >= 11 is 5.08. The first-order valence-corrected chi connectivity index (χ1v) is 6.67. The summed E-state index contributed by atoms with van der Waals surface area (Å²) in [5.74, 6) is -0.455. The predicted molar refractivity (Wildman–Crippen MR) is 83.5 cm³/mol. The molecule has 0 aliphatic carbocycles. The number of hydrogen-bond acceptors (Lipinski definition) is 3. The maximum atomic E-state index is 13.1. The molecule has 3 N–H and O–H groups in total. The molecule has 4 nitrogen and oxygen atoms in total. The van der Waals surface area contributed by atoms with Gasteiger partial charge in [0.25, 0.3) is 0 Å². The lowest BCUT2D eigenvalue weighted by Gasteiger charge is -2.19. The van der Waals surface area contributed by atoms with Crippen LogP contribution >= 0.6 is 12.2 Å². The van der Waals surface area contributed by atoms with Gasteiger partial charge in [-0.15, -0.1) is 0 Å². The average molecular weight is 297 g/mol. The van der Waals surface area contributed by atoms with Gasteiger partial charge in [-0.3, -0.25) is 5.43 Å². The molecule has 0 atom stereocenters. The van der Waals surface area contributed by atoms with Gasteiger partial charge >= 0.3 is 0 Å². The molecule has 1 rings (SSSR count). The highest BCUT2D eigenvalue weighted by Gasteiger charge is 2.10. The maximum Gasteiger partial charge on any atom is 0.186 e. The Labute approximate surface area is 124 Å². The molecule has 6 heteroatoms. The average Bonchev–Trinajstić information content (AvgIpc) is 2.35. The van der Waals surface area contributed by atoms with Crippen molar-refractivity contribution in [3.63, 3.8) is 0 Å². The number of phenols is 1. The van der Waals surface area contributed by atoms with Crippen LogP contribution in [0.15, 0.2) is 23.3 Å². The Balaban J connectivity index is 2.66. The number of nitrogens with one attached hydrogen (secondary N) is 2. The van der Waals surface area contributed by atoms with Crippen LogP contribution in [0.3, 0.4) is 0 Å². The Bertz CT molecular complexity index is 524. The Morgan fingerprint density at radius 1 is 1.40 bits per heavy atom. The number of thiocarbonyl (C=S) groups is 1. The van der Waals surface area contributed by atoms with E-state index in [1.54, 1.807) is 6.92 Å². The minimum absolute atomic E-state index is 0.0250. The summed E-state index contributed by atoms with van der Waals surface area (Å²) < 4.78 is 13.1. The quantitative estimate of drug-likeness (QED) is 0.456. The lowest BCUT2D eigenvalue weighted by atomic mass is 9.97. The van der Waals surface area contributed by atoms with Crippen molar-refractivity contribution in [2.45, 2.75) is 27.7 Å². The number of rotatable bonds is 3. The van der Waals surface area contributed by atoms with Gasteiger partial charge in [-0.25, -0.2) is 4.39 Å². The molecule has 0 unspecified atom stereocenters. The van der Waals surface area contributed by atoms with Crippen LogP contribution < -0.4 is 10.7 Å². The number of aromatic hydroxyl groups is 1. The largest absolute Gasteiger partial charge is 0.507 e. The molecule has 0 bridgehead atoms. The van der Waals surface area contributed by atoms with Crippen molar-refractivity contribution in [2.75, 3.05) is 6.54 Å². The molecule has 0 amide bonds. The molecule has 20 heavy (non-hydrogen) atoms. The van der Waals surface area contributed by atoms with Gasteiger partial charge in [0.1, 0.15) is 11.6 Å². The van der Waals surface area contributed by atoms with Gasteiger partial charge in [-0.1, -0.05) is 20.8 Å². The molecule has 0 heterocycles. The van der Waals surface area contributed by atoms with Gasteiger partial charge < -0.3 is 10.4 Å². The van der Waals surface area contributed by atoms with Gasteiger partial charge in [-0.2, -0.15) is 5.10 Å². The van der Waals surface area contributed by atoms with Crippen LogP contribution in [0.1, 0.15) is 33.3 Å². The van der Waals surface area contributed by atoms with E-state index in [1.165, 1.54) is 18.2 Å². The molecule has 0 saturated carbocycles. The summed E-state index contributed by atoms with van der Waals surface area (Å²) in [5.41, 5.74) is 3.55. The van der Waals surface area contributed by atoms with Gasteiger partial charge in [-0.05, 0) is 42.8 Å². The molecular formula is C14H20FN3OS. The van der Waals surface area contributed by atoms with E-state index >= 15 is 0 Å². The lowest BCUT2D eigenvalue weighted by Crippen LogP contribution is -2.37. The van der Waals surface area contributed by atoms with Gasteiger partial charge in [0.05, 0.1) is 5.71 Å². The van der Waals surface area contributed by atoms with Crippen molar-refractivity contribution in [3.8, 4) is 5.75 Å². The third-order valence-corrected chi connectivity index (χ3v) is 2.69. The van der Waals surface area contributed by atoms with Crippen LogP contribution in [-0.2, 0) is 0 Å². The molecule has 0 aliphatic rings. The van der Waals surface area contributed by atoms with Gasteiger partial charge in [0.15, 0.2) is 5.11 Å². The van der Waals surface area contributed by atoms with Crippen LogP contribution in [-0.4, -0.2) is 22.5 Å². The highest BCUT2D eigenvalue weighted by Crippen LogP contribution is 2.18. The Morgan fingerprint density at radius 3 is 2.65 bits per heavy atom. The number of hydrogen-bond donors (Lipinski definition) is 3. The van der Waals surface area contributed by atoms with Crippen LogP contribution in [0.4, 0.5) is 4.39 Å². The third kappa shape index (κ3) is 5.52. The summed E-state index contributed by atoms with van der Waals surface area (Å²) in [7, 11) is 0.